The molecule has 26 heavy (non-hydrogen) atoms. The van der Waals surface area contributed by atoms with Crippen LogP contribution in [0.5, 0.6) is 0 Å². The number of rotatable bonds is 2. The average Bonchev–Trinajstić information content (AvgIpc) is 3.22. The number of benzene rings is 3. The minimum absolute atomic E-state index is 0.920. The molecule has 0 fully saturated rings. The molecule has 0 spiro atoms. The minimum atomic E-state index is 0.920. The van der Waals surface area contributed by atoms with Gasteiger partial charge in [-0.2, -0.15) is 0 Å². The van der Waals surface area contributed by atoms with Crippen molar-refractivity contribution in [1.82, 2.24) is 4.68 Å². The zero-order chi connectivity index (χ0) is 17.7. The Hall–Kier alpha value is -3.33. The van der Waals surface area contributed by atoms with Crippen LogP contribution in [0.25, 0.3) is 38.9 Å². The topological polar surface area (TPSA) is 21.9 Å². The van der Waals surface area contributed by atoms with Crippen LogP contribution >= 0.6 is 0 Å². The van der Waals surface area contributed by atoms with Crippen LogP contribution in [0.2, 0.25) is 0 Å². The number of nitrogens with zero attached hydrogens (tertiary/aromatic N) is 2. The van der Waals surface area contributed by atoms with E-state index in [0.717, 1.165) is 33.2 Å². The van der Waals surface area contributed by atoms with Crippen molar-refractivity contribution in [2.75, 3.05) is 0 Å². The summed E-state index contributed by atoms with van der Waals surface area (Å²) in [5.74, 6) is 0. The zero-order valence-corrected chi connectivity index (χ0v) is 14.8. The highest BCUT2D eigenvalue weighted by molar-refractivity contribution is 6.05. The fourth-order valence-electron chi connectivity index (χ4n) is 3.69. The molecular formula is C23H19N2O+. The highest BCUT2D eigenvalue weighted by Gasteiger charge is 2.18. The maximum Gasteiger partial charge on any atom is 0.196 e. The summed E-state index contributed by atoms with van der Waals surface area (Å²) in [5, 5.41) is 2.32. The van der Waals surface area contributed by atoms with Crippen molar-refractivity contribution in [1.29, 1.82) is 0 Å². The fourth-order valence-corrected chi connectivity index (χ4v) is 3.69. The van der Waals surface area contributed by atoms with Gasteiger partial charge in [-0.1, -0.05) is 42.5 Å². The maximum absolute atomic E-state index is 6.07. The van der Waals surface area contributed by atoms with E-state index in [-0.39, 0.29) is 0 Å². The van der Waals surface area contributed by atoms with E-state index in [0.29, 0.717) is 0 Å². The lowest BCUT2D eigenvalue weighted by atomic mass is 10.1. The van der Waals surface area contributed by atoms with Gasteiger partial charge in [-0.05, 0) is 36.8 Å². The van der Waals surface area contributed by atoms with Gasteiger partial charge < -0.3 is 4.42 Å². The Labute approximate surface area is 151 Å². The largest absolute Gasteiger partial charge is 0.456 e. The molecule has 0 aliphatic rings. The van der Waals surface area contributed by atoms with E-state index in [2.05, 4.69) is 90.2 Å². The molecule has 0 radical (unpaired) electrons. The molecule has 3 nitrogen and oxygen atoms in total. The molecular weight excluding hydrogens is 320 g/mol. The monoisotopic (exact) mass is 339 g/mol. The molecule has 0 N–H and O–H groups in total. The van der Waals surface area contributed by atoms with Crippen LogP contribution in [0.4, 0.5) is 0 Å². The Kier molecular flexibility index (Phi) is 3.22. The first-order valence-electron chi connectivity index (χ1n) is 8.78. The first-order valence-corrected chi connectivity index (χ1v) is 8.78. The molecule has 5 aromatic rings. The van der Waals surface area contributed by atoms with Crippen molar-refractivity contribution in [3.8, 4) is 16.9 Å². The second-order valence-electron chi connectivity index (χ2n) is 6.68. The summed E-state index contributed by atoms with van der Waals surface area (Å²) in [5.41, 5.74) is 6.55. The van der Waals surface area contributed by atoms with Crippen molar-refractivity contribution >= 4 is 21.9 Å². The third-order valence-electron chi connectivity index (χ3n) is 5.01. The lowest BCUT2D eigenvalue weighted by molar-refractivity contribution is -0.743. The number of para-hydroxylation sites is 2. The van der Waals surface area contributed by atoms with Crippen molar-refractivity contribution in [3.05, 3.63) is 84.6 Å². The van der Waals surface area contributed by atoms with Gasteiger partial charge in [0.1, 0.15) is 22.5 Å². The number of aromatic nitrogens is 2. The molecule has 0 unspecified atom stereocenters. The van der Waals surface area contributed by atoms with Crippen LogP contribution < -0.4 is 4.68 Å². The molecule has 3 heteroatoms. The standard InChI is InChI=1S/C23H19N2O/c1-16-7-3-5-9-20(16)25-21(13-14-24(25)2)17-11-12-19-18-8-4-6-10-22(18)26-23(19)15-17/h3-15H,1-2H3/q+1. The predicted molar refractivity (Wildman–Crippen MR) is 104 cm³/mol. The van der Waals surface area contributed by atoms with Gasteiger partial charge in [0, 0.05) is 22.4 Å². The number of hydrogen-bond acceptors (Lipinski definition) is 1. The number of aryl methyl sites for hydroxylation is 2. The average molecular weight is 339 g/mol. The second kappa shape index (κ2) is 5.60. The summed E-state index contributed by atoms with van der Waals surface area (Å²) in [6.07, 6.45) is 2.09. The molecule has 0 atom stereocenters. The molecule has 2 aromatic heterocycles. The lowest BCUT2D eigenvalue weighted by Gasteiger charge is -2.08. The van der Waals surface area contributed by atoms with Gasteiger partial charge in [0.05, 0.1) is 0 Å². The van der Waals surface area contributed by atoms with Crippen LogP contribution in [0.3, 0.4) is 0 Å². The molecule has 2 heterocycles. The summed E-state index contributed by atoms with van der Waals surface area (Å²) >= 11 is 0. The normalized spacial score (nSPS) is 11.5. The third kappa shape index (κ3) is 2.17. The number of furan rings is 1. The van der Waals surface area contributed by atoms with Crippen molar-refractivity contribution < 1.29 is 9.10 Å². The highest BCUT2D eigenvalue weighted by Crippen LogP contribution is 2.32. The van der Waals surface area contributed by atoms with E-state index in [1.54, 1.807) is 0 Å². The fraction of sp³-hybridized carbons (Fsp3) is 0.0870. The molecule has 3 aromatic carbocycles. The number of hydrogen-bond donors (Lipinski definition) is 0. The quantitative estimate of drug-likeness (QED) is 0.406. The molecule has 0 bridgehead atoms. The van der Waals surface area contributed by atoms with Crippen LogP contribution in [-0.2, 0) is 7.05 Å². The molecule has 0 saturated carbocycles. The Morgan fingerprint density at radius 1 is 0.808 bits per heavy atom. The smallest absolute Gasteiger partial charge is 0.196 e. The lowest BCUT2D eigenvalue weighted by Crippen LogP contribution is -2.37. The molecule has 126 valence electrons. The summed E-state index contributed by atoms with van der Waals surface area (Å²) in [6.45, 7) is 2.14. The van der Waals surface area contributed by atoms with Gasteiger partial charge in [-0.3, -0.25) is 0 Å². The van der Waals surface area contributed by atoms with Gasteiger partial charge in [0.15, 0.2) is 13.2 Å². The summed E-state index contributed by atoms with van der Waals surface area (Å²) < 4.78 is 10.4. The van der Waals surface area contributed by atoms with E-state index in [1.165, 1.54) is 11.3 Å². The first kappa shape index (κ1) is 15.0. The Morgan fingerprint density at radius 3 is 2.46 bits per heavy atom. The zero-order valence-electron chi connectivity index (χ0n) is 14.8. The van der Waals surface area contributed by atoms with Gasteiger partial charge >= 0.3 is 0 Å². The van der Waals surface area contributed by atoms with Gasteiger partial charge in [0.25, 0.3) is 0 Å². The molecule has 5 rings (SSSR count). The third-order valence-corrected chi connectivity index (χ3v) is 5.01. The minimum Gasteiger partial charge on any atom is -0.456 e. The van der Waals surface area contributed by atoms with E-state index >= 15 is 0 Å². The maximum atomic E-state index is 6.07. The van der Waals surface area contributed by atoms with E-state index in [1.807, 2.05) is 12.1 Å². The predicted octanol–water partition coefficient (Wildman–Crippen LogP) is 5.18. The summed E-state index contributed by atoms with van der Waals surface area (Å²) in [7, 11) is 2.07. The van der Waals surface area contributed by atoms with Crippen molar-refractivity contribution in [3.63, 3.8) is 0 Å². The molecule has 0 amide bonds. The molecule has 0 saturated heterocycles. The summed E-state index contributed by atoms with van der Waals surface area (Å²) in [6, 6.07) is 25.2. The van der Waals surface area contributed by atoms with Crippen LogP contribution in [0.1, 0.15) is 5.56 Å². The Balaban J connectivity index is 1.74. The number of fused-ring (bicyclic) bond motifs is 3. The Bertz CT molecular complexity index is 1260. The van der Waals surface area contributed by atoms with E-state index in [9.17, 15) is 0 Å². The van der Waals surface area contributed by atoms with Gasteiger partial charge in [0.2, 0.25) is 0 Å². The molecule has 0 aliphatic carbocycles. The van der Waals surface area contributed by atoms with Gasteiger partial charge in [-0.25, -0.2) is 0 Å². The summed E-state index contributed by atoms with van der Waals surface area (Å²) in [4.78, 5) is 0. The van der Waals surface area contributed by atoms with E-state index < -0.39 is 0 Å². The van der Waals surface area contributed by atoms with Crippen molar-refractivity contribution in [2.45, 2.75) is 6.92 Å². The van der Waals surface area contributed by atoms with Gasteiger partial charge in [-0.15, -0.1) is 9.36 Å². The van der Waals surface area contributed by atoms with Crippen LogP contribution in [0, 0.1) is 6.92 Å². The first-order chi connectivity index (χ1) is 12.7. The molecule has 0 aliphatic heterocycles. The van der Waals surface area contributed by atoms with Crippen molar-refractivity contribution in [2.24, 2.45) is 7.05 Å². The second-order valence-corrected chi connectivity index (χ2v) is 6.68. The van der Waals surface area contributed by atoms with Crippen LogP contribution in [-0.4, -0.2) is 4.68 Å². The Morgan fingerprint density at radius 2 is 1.58 bits per heavy atom. The van der Waals surface area contributed by atoms with Crippen LogP contribution in [0.15, 0.2) is 83.4 Å². The SMILES string of the molecule is Cc1ccccc1-n1c(-c2ccc3c(c2)oc2ccccc23)cc[n+]1C. The van der Waals surface area contributed by atoms with E-state index in [4.69, 9.17) is 4.42 Å². The highest BCUT2D eigenvalue weighted by atomic mass is 16.3.